The van der Waals surface area contributed by atoms with Crippen molar-refractivity contribution in [3.8, 4) is 11.3 Å². The second-order valence-corrected chi connectivity index (χ2v) is 5.21. The smallest absolute Gasteiger partial charge is 0.220 e. The van der Waals surface area contributed by atoms with E-state index in [4.69, 9.17) is 8.83 Å². The predicted octanol–water partition coefficient (Wildman–Crippen LogP) is 5.54. The third-order valence-electron chi connectivity index (χ3n) is 3.58. The Hall–Kier alpha value is -3.21. The fraction of sp³-hybridized carbons (Fsp3) is 0. The highest BCUT2D eigenvalue weighted by Crippen LogP contribution is 2.25. The number of hydrogen-bond acceptors (Lipinski definition) is 3. The number of fused-ring (bicyclic) bond motifs is 1. The maximum absolute atomic E-state index is 13.6. The van der Waals surface area contributed by atoms with E-state index in [1.807, 2.05) is 24.3 Å². The van der Waals surface area contributed by atoms with Crippen LogP contribution < -0.4 is 0 Å². The number of benzene rings is 2. The normalized spacial score (nSPS) is 11.6. The van der Waals surface area contributed by atoms with Gasteiger partial charge in [-0.25, -0.2) is 13.8 Å². The van der Waals surface area contributed by atoms with Gasteiger partial charge in [0.2, 0.25) is 5.89 Å². The summed E-state index contributed by atoms with van der Waals surface area (Å²) in [5.74, 6) is -0.171. The van der Waals surface area contributed by atoms with Gasteiger partial charge in [0.1, 0.15) is 22.9 Å². The highest BCUT2D eigenvalue weighted by molar-refractivity contribution is 5.81. The van der Waals surface area contributed by atoms with Gasteiger partial charge >= 0.3 is 0 Å². The number of rotatable bonds is 3. The summed E-state index contributed by atoms with van der Waals surface area (Å²) in [6.07, 6.45) is 4.64. The molecule has 0 N–H and O–H groups in total. The molecule has 0 amide bonds. The molecule has 0 saturated carbocycles. The molecule has 5 heteroatoms. The van der Waals surface area contributed by atoms with Crippen molar-refractivity contribution in [2.75, 3.05) is 0 Å². The minimum atomic E-state index is -0.637. The van der Waals surface area contributed by atoms with Crippen molar-refractivity contribution < 1.29 is 17.6 Å². The van der Waals surface area contributed by atoms with Crippen LogP contribution in [-0.4, -0.2) is 4.98 Å². The first-order chi connectivity index (χ1) is 11.7. The molecule has 0 radical (unpaired) electrons. The van der Waals surface area contributed by atoms with Gasteiger partial charge in [0.05, 0.1) is 6.26 Å². The van der Waals surface area contributed by atoms with Crippen molar-refractivity contribution in [3.63, 3.8) is 0 Å². The molecule has 0 aliphatic carbocycles. The van der Waals surface area contributed by atoms with Crippen LogP contribution in [0.2, 0.25) is 0 Å². The van der Waals surface area contributed by atoms with E-state index in [1.165, 1.54) is 18.2 Å². The molecule has 0 bridgehead atoms. The zero-order valence-electron chi connectivity index (χ0n) is 12.4. The highest BCUT2D eigenvalue weighted by atomic mass is 19.1. The number of oxazole rings is 1. The zero-order chi connectivity index (χ0) is 16.5. The van der Waals surface area contributed by atoms with E-state index in [1.54, 1.807) is 18.4 Å². The van der Waals surface area contributed by atoms with Gasteiger partial charge in [-0.3, -0.25) is 0 Å². The Bertz CT molecular complexity index is 1030. The summed E-state index contributed by atoms with van der Waals surface area (Å²) in [5.41, 5.74) is 2.43. The summed E-state index contributed by atoms with van der Waals surface area (Å²) in [6, 6.07) is 12.6. The van der Waals surface area contributed by atoms with Crippen molar-refractivity contribution in [1.82, 2.24) is 4.98 Å². The molecule has 0 aliphatic heterocycles. The van der Waals surface area contributed by atoms with Crippen LogP contribution in [0.15, 0.2) is 63.6 Å². The molecule has 4 aromatic rings. The third kappa shape index (κ3) is 2.72. The molecule has 0 saturated heterocycles. The summed E-state index contributed by atoms with van der Waals surface area (Å²) in [4.78, 5) is 4.35. The van der Waals surface area contributed by atoms with Gasteiger partial charge in [-0.2, -0.15) is 0 Å². The lowest BCUT2D eigenvalue weighted by Gasteiger charge is -1.95. The van der Waals surface area contributed by atoms with Gasteiger partial charge in [0.25, 0.3) is 0 Å². The summed E-state index contributed by atoms with van der Waals surface area (Å²) < 4.78 is 37.5. The highest BCUT2D eigenvalue weighted by Gasteiger charge is 2.07. The molecule has 0 fully saturated rings. The molecule has 2 aromatic heterocycles. The second kappa shape index (κ2) is 5.77. The Balaban J connectivity index is 1.66. The Kier molecular flexibility index (Phi) is 3.46. The summed E-state index contributed by atoms with van der Waals surface area (Å²) in [7, 11) is 0. The maximum atomic E-state index is 13.6. The molecule has 24 heavy (non-hydrogen) atoms. The quantitative estimate of drug-likeness (QED) is 0.497. The predicted molar refractivity (Wildman–Crippen MR) is 87.0 cm³/mol. The van der Waals surface area contributed by atoms with E-state index in [-0.39, 0.29) is 5.56 Å². The molecule has 0 unspecified atom stereocenters. The van der Waals surface area contributed by atoms with Crippen LogP contribution in [0.25, 0.3) is 34.6 Å². The van der Waals surface area contributed by atoms with Gasteiger partial charge < -0.3 is 8.83 Å². The van der Waals surface area contributed by atoms with E-state index in [0.717, 1.165) is 17.4 Å². The molecule has 2 aromatic carbocycles. The van der Waals surface area contributed by atoms with Gasteiger partial charge in [-0.15, -0.1) is 0 Å². The van der Waals surface area contributed by atoms with E-state index < -0.39 is 11.6 Å². The average Bonchev–Trinajstić information content (AvgIpc) is 3.22. The Morgan fingerprint density at radius 3 is 2.67 bits per heavy atom. The van der Waals surface area contributed by atoms with Gasteiger partial charge in [0, 0.05) is 23.3 Å². The lowest BCUT2D eigenvalue weighted by molar-refractivity contribution is 0.581. The number of furan rings is 1. The summed E-state index contributed by atoms with van der Waals surface area (Å²) >= 11 is 0. The second-order valence-electron chi connectivity index (χ2n) is 5.21. The number of hydrogen-bond donors (Lipinski definition) is 0. The average molecular weight is 323 g/mol. The molecule has 0 aliphatic rings. The van der Waals surface area contributed by atoms with Crippen LogP contribution >= 0.6 is 0 Å². The zero-order valence-corrected chi connectivity index (χ0v) is 12.4. The van der Waals surface area contributed by atoms with Crippen molar-refractivity contribution >= 4 is 23.3 Å². The fourth-order valence-corrected chi connectivity index (χ4v) is 2.41. The molecule has 3 nitrogen and oxygen atoms in total. The van der Waals surface area contributed by atoms with Crippen molar-refractivity contribution in [2.24, 2.45) is 0 Å². The van der Waals surface area contributed by atoms with E-state index in [2.05, 4.69) is 4.98 Å². The van der Waals surface area contributed by atoms with Crippen LogP contribution in [0.5, 0.6) is 0 Å². The Morgan fingerprint density at radius 1 is 0.958 bits per heavy atom. The van der Waals surface area contributed by atoms with Crippen LogP contribution in [0.4, 0.5) is 8.78 Å². The molecular weight excluding hydrogens is 312 g/mol. The van der Waals surface area contributed by atoms with Crippen molar-refractivity contribution in [2.45, 2.75) is 0 Å². The minimum Gasteiger partial charge on any atom is -0.464 e. The Morgan fingerprint density at radius 2 is 1.88 bits per heavy atom. The monoisotopic (exact) mass is 323 g/mol. The van der Waals surface area contributed by atoms with Crippen molar-refractivity contribution in [3.05, 3.63) is 77.9 Å². The fourth-order valence-electron chi connectivity index (χ4n) is 2.41. The number of halogens is 2. The van der Waals surface area contributed by atoms with E-state index in [9.17, 15) is 8.78 Å². The van der Waals surface area contributed by atoms with Crippen LogP contribution in [-0.2, 0) is 0 Å². The van der Waals surface area contributed by atoms with Gasteiger partial charge in [-0.1, -0.05) is 0 Å². The van der Waals surface area contributed by atoms with Gasteiger partial charge in [0.15, 0.2) is 5.58 Å². The lowest BCUT2D eigenvalue weighted by atomic mass is 10.1. The number of aromatic nitrogens is 1. The summed E-state index contributed by atoms with van der Waals surface area (Å²) in [6.45, 7) is 0. The van der Waals surface area contributed by atoms with E-state index in [0.29, 0.717) is 17.0 Å². The minimum absolute atomic E-state index is 0.259. The van der Waals surface area contributed by atoms with Gasteiger partial charge in [-0.05, 0) is 48.5 Å². The molecule has 4 rings (SSSR count). The lowest BCUT2D eigenvalue weighted by Crippen LogP contribution is -1.83. The topological polar surface area (TPSA) is 39.2 Å². The summed E-state index contributed by atoms with van der Waals surface area (Å²) in [5, 5.41) is 0. The molecule has 2 heterocycles. The van der Waals surface area contributed by atoms with Crippen LogP contribution in [0.1, 0.15) is 11.5 Å². The molecule has 118 valence electrons. The molecular formula is C19H11F2NO2. The van der Waals surface area contributed by atoms with E-state index >= 15 is 0 Å². The molecule has 0 spiro atoms. The third-order valence-corrected chi connectivity index (χ3v) is 3.58. The maximum Gasteiger partial charge on any atom is 0.220 e. The first kappa shape index (κ1) is 14.4. The SMILES string of the molecule is Fc1ccc(/C=C/c2nc3cc(-c4ccco4)ccc3o2)c(F)c1. The standard InChI is InChI=1S/C19H11F2NO2/c20-14-6-3-12(15(21)11-14)5-8-19-22-16-10-13(4-7-18(16)24-19)17-2-1-9-23-17/h1-11H/b8-5+. The first-order valence-electron chi connectivity index (χ1n) is 7.27. The first-order valence-corrected chi connectivity index (χ1v) is 7.27. The Labute approximate surface area is 135 Å². The largest absolute Gasteiger partial charge is 0.464 e. The molecule has 0 atom stereocenters. The van der Waals surface area contributed by atoms with Crippen LogP contribution in [0, 0.1) is 11.6 Å². The van der Waals surface area contributed by atoms with Crippen molar-refractivity contribution in [1.29, 1.82) is 0 Å². The van der Waals surface area contributed by atoms with Crippen LogP contribution in [0.3, 0.4) is 0 Å². The number of nitrogens with zero attached hydrogens (tertiary/aromatic N) is 1.